The molecule has 0 saturated carbocycles. The first-order valence-corrected chi connectivity index (χ1v) is 9.18. The summed E-state index contributed by atoms with van der Waals surface area (Å²) in [5.41, 5.74) is 0.520. The smallest absolute Gasteiger partial charge is 0.269 e. The van der Waals surface area contributed by atoms with Crippen LogP contribution >= 0.6 is 0 Å². The molecule has 0 aliphatic carbocycles. The summed E-state index contributed by atoms with van der Waals surface area (Å²) in [5, 5.41) is 13.4. The molecule has 0 atom stereocenters. The standard InChI is InChI=1S/C22H20N2O6/c25-22(16-30-20-11-9-18(10-12-20)24(26)27)23-17-5-4-8-21(15-17)29-14-13-28-19-6-2-1-3-7-19/h1-12,15H,13-14,16H2,(H,23,25). The number of benzene rings is 3. The number of hydrogen-bond acceptors (Lipinski definition) is 6. The zero-order valence-electron chi connectivity index (χ0n) is 16.0. The summed E-state index contributed by atoms with van der Waals surface area (Å²) in [7, 11) is 0. The van der Waals surface area contributed by atoms with Gasteiger partial charge in [-0.2, -0.15) is 0 Å². The minimum absolute atomic E-state index is 0.0437. The zero-order chi connectivity index (χ0) is 21.2. The second-order valence-corrected chi connectivity index (χ2v) is 6.13. The lowest BCUT2D eigenvalue weighted by molar-refractivity contribution is -0.384. The Bertz CT molecular complexity index is 976. The van der Waals surface area contributed by atoms with E-state index >= 15 is 0 Å². The van der Waals surface area contributed by atoms with Crippen LogP contribution in [0.4, 0.5) is 11.4 Å². The van der Waals surface area contributed by atoms with E-state index in [2.05, 4.69) is 5.32 Å². The van der Waals surface area contributed by atoms with Gasteiger partial charge in [-0.1, -0.05) is 24.3 Å². The summed E-state index contributed by atoms with van der Waals surface area (Å²) in [6, 6.07) is 21.9. The molecular formula is C22H20N2O6. The van der Waals surface area contributed by atoms with Crippen LogP contribution in [0.1, 0.15) is 0 Å². The Balaban J connectivity index is 1.42. The molecule has 3 aromatic carbocycles. The number of ether oxygens (including phenoxy) is 3. The molecule has 0 aromatic heterocycles. The van der Waals surface area contributed by atoms with Crippen molar-refractivity contribution in [3.63, 3.8) is 0 Å². The molecule has 0 unspecified atom stereocenters. The van der Waals surface area contributed by atoms with E-state index in [1.807, 2.05) is 30.3 Å². The lowest BCUT2D eigenvalue weighted by Crippen LogP contribution is -2.20. The van der Waals surface area contributed by atoms with Gasteiger partial charge < -0.3 is 19.5 Å². The number of hydrogen-bond donors (Lipinski definition) is 1. The quantitative estimate of drug-likeness (QED) is 0.308. The molecule has 0 spiro atoms. The fraction of sp³-hybridized carbons (Fsp3) is 0.136. The lowest BCUT2D eigenvalue weighted by atomic mass is 10.3. The van der Waals surface area contributed by atoms with E-state index in [1.165, 1.54) is 24.3 Å². The minimum Gasteiger partial charge on any atom is -0.490 e. The van der Waals surface area contributed by atoms with Gasteiger partial charge >= 0.3 is 0 Å². The largest absolute Gasteiger partial charge is 0.490 e. The van der Waals surface area contributed by atoms with Crippen molar-refractivity contribution in [2.75, 3.05) is 25.1 Å². The van der Waals surface area contributed by atoms with Crippen molar-refractivity contribution < 1.29 is 23.9 Å². The molecule has 0 saturated heterocycles. The Morgan fingerprint density at radius 3 is 2.13 bits per heavy atom. The van der Waals surface area contributed by atoms with Crippen LogP contribution in [-0.2, 0) is 4.79 Å². The van der Waals surface area contributed by atoms with Gasteiger partial charge in [0.25, 0.3) is 11.6 Å². The van der Waals surface area contributed by atoms with E-state index in [0.29, 0.717) is 30.4 Å². The van der Waals surface area contributed by atoms with E-state index in [9.17, 15) is 14.9 Å². The SMILES string of the molecule is O=C(COc1ccc([N+](=O)[O-])cc1)Nc1cccc(OCCOc2ccccc2)c1. The van der Waals surface area contributed by atoms with Crippen molar-refractivity contribution in [1.29, 1.82) is 0 Å². The van der Waals surface area contributed by atoms with Crippen molar-refractivity contribution in [2.24, 2.45) is 0 Å². The first-order chi connectivity index (χ1) is 14.6. The summed E-state index contributed by atoms with van der Waals surface area (Å²) in [5.74, 6) is 1.38. The summed E-state index contributed by atoms with van der Waals surface area (Å²) in [6.07, 6.45) is 0. The minimum atomic E-state index is -0.501. The van der Waals surface area contributed by atoms with Crippen molar-refractivity contribution >= 4 is 17.3 Å². The van der Waals surface area contributed by atoms with Gasteiger partial charge in [0, 0.05) is 23.9 Å². The summed E-state index contributed by atoms with van der Waals surface area (Å²) in [6.45, 7) is 0.521. The number of anilines is 1. The molecule has 30 heavy (non-hydrogen) atoms. The number of nitrogens with zero attached hydrogens (tertiary/aromatic N) is 1. The van der Waals surface area contributed by atoms with Gasteiger partial charge in [-0.15, -0.1) is 0 Å². The predicted molar refractivity (Wildman–Crippen MR) is 111 cm³/mol. The van der Waals surface area contributed by atoms with Crippen LogP contribution in [0, 0.1) is 10.1 Å². The first kappa shape index (κ1) is 20.7. The van der Waals surface area contributed by atoms with Crippen LogP contribution in [-0.4, -0.2) is 30.7 Å². The Morgan fingerprint density at radius 1 is 0.800 bits per heavy atom. The van der Waals surface area contributed by atoms with Crippen molar-refractivity contribution in [1.82, 2.24) is 0 Å². The van der Waals surface area contributed by atoms with Crippen LogP contribution in [0.3, 0.4) is 0 Å². The third-order valence-corrected chi connectivity index (χ3v) is 3.90. The van der Waals surface area contributed by atoms with Crippen LogP contribution in [0.5, 0.6) is 17.2 Å². The van der Waals surface area contributed by atoms with E-state index in [4.69, 9.17) is 14.2 Å². The van der Waals surface area contributed by atoms with Crippen molar-refractivity contribution in [2.45, 2.75) is 0 Å². The van der Waals surface area contributed by atoms with E-state index in [1.54, 1.807) is 24.3 Å². The maximum Gasteiger partial charge on any atom is 0.269 e. The van der Waals surface area contributed by atoms with Gasteiger partial charge in [0.2, 0.25) is 0 Å². The van der Waals surface area contributed by atoms with E-state index in [0.717, 1.165) is 5.75 Å². The third-order valence-electron chi connectivity index (χ3n) is 3.90. The molecule has 0 heterocycles. The highest BCUT2D eigenvalue weighted by atomic mass is 16.6. The van der Waals surface area contributed by atoms with Gasteiger partial charge in [0.1, 0.15) is 30.5 Å². The van der Waals surface area contributed by atoms with Crippen LogP contribution in [0.15, 0.2) is 78.9 Å². The molecule has 0 bridgehead atoms. The molecule has 8 nitrogen and oxygen atoms in total. The first-order valence-electron chi connectivity index (χ1n) is 9.18. The maximum absolute atomic E-state index is 12.1. The number of nitro benzene ring substituents is 1. The van der Waals surface area contributed by atoms with E-state index in [-0.39, 0.29) is 18.2 Å². The summed E-state index contributed by atoms with van der Waals surface area (Å²) >= 11 is 0. The lowest BCUT2D eigenvalue weighted by Gasteiger charge is -2.11. The van der Waals surface area contributed by atoms with Gasteiger partial charge in [-0.05, 0) is 36.4 Å². The monoisotopic (exact) mass is 408 g/mol. The number of carbonyl (C=O) groups is 1. The Hall–Kier alpha value is -4.07. The van der Waals surface area contributed by atoms with Gasteiger partial charge in [0.05, 0.1) is 4.92 Å². The predicted octanol–water partition coefficient (Wildman–Crippen LogP) is 4.07. The normalized spacial score (nSPS) is 10.1. The molecule has 154 valence electrons. The second kappa shape index (κ2) is 10.5. The van der Waals surface area contributed by atoms with Crippen molar-refractivity contribution in [3.05, 3.63) is 89.0 Å². The molecule has 8 heteroatoms. The number of amides is 1. The van der Waals surface area contributed by atoms with Gasteiger partial charge in [0.15, 0.2) is 6.61 Å². The zero-order valence-corrected chi connectivity index (χ0v) is 16.0. The average molecular weight is 408 g/mol. The number of rotatable bonds is 10. The van der Waals surface area contributed by atoms with Gasteiger partial charge in [-0.3, -0.25) is 14.9 Å². The Morgan fingerprint density at radius 2 is 1.43 bits per heavy atom. The molecule has 0 fully saturated rings. The third kappa shape index (κ3) is 6.52. The molecule has 0 aliphatic heterocycles. The topological polar surface area (TPSA) is 99.9 Å². The van der Waals surface area contributed by atoms with Crippen molar-refractivity contribution in [3.8, 4) is 17.2 Å². The van der Waals surface area contributed by atoms with Gasteiger partial charge in [-0.25, -0.2) is 0 Å². The molecule has 3 aromatic rings. The molecule has 1 amide bonds. The highest BCUT2D eigenvalue weighted by Gasteiger charge is 2.07. The Labute approximate surface area is 173 Å². The van der Waals surface area contributed by atoms with E-state index < -0.39 is 4.92 Å². The van der Waals surface area contributed by atoms with Crippen LogP contribution in [0.2, 0.25) is 0 Å². The molecule has 1 N–H and O–H groups in total. The average Bonchev–Trinajstić information content (AvgIpc) is 2.76. The summed E-state index contributed by atoms with van der Waals surface area (Å²) in [4.78, 5) is 22.2. The fourth-order valence-corrected chi connectivity index (χ4v) is 2.51. The molecule has 0 aliphatic rings. The highest BCUT2D eigenvalue weighted by Crippen LogP contribution is 2.19. The summed E-state index contributed by atoms with van der Waals surface area (Å²) < 4.78 is 16.6. The molecule has 3 rings (SSSR count). The molecule has 0 radical (unpaired) electrons. The fourth-order valence-electron chi connectivity index (χ4n) is 2.51. The Kier molecular flexibility index (Phi) is 7.21. The maximum atomic E-state index is 12.1. The number of carbonyl (C=O) groups excluding carboxylic acids is 1. The molecular weight excluding hydrogens is 388 g/mol. The van der Waals surface area contributed by atoms with Crippen LogP contribution in [0.25, 0.3) is 0 Å². The number of para-hydroxylation sites is 1. The number of nitrogens with one attached hydrogen (secondary N) is 1. The second-order valence-electron chi connectivity index (χ2n) is 6.13. The number of non-ortho nitro benzene ring substituents is 1. The highest BCUT2D eigenvalue weighted by molar-refractivity contribution is 5.92. The van der Waals surface area contributed by atoms with Crippen LogP contribution < -0.4 is 19.5 Å². The number of nitro groups is 1.